The third-order valence-corrected chi connectivity index (χ3v) is 2.34. The van der Waals surface area contributed by atoms with E-state index in [4.69, 9.17) is 5.11 Å². The molecule has 1 aromatic carbocycles. The van der Waals surface area contributed by atoms with Crippen molar-refractivity contribution >= 4 is 0 Å². The third-order valence-electron chi connectivity index (χ3n) is 2.34. The number of nitrogens with one attached hydrogen (secondary N) is 1. The highest BCUT2D eigenvalue weighted by Gasteiger charge is 1.97. The van der Waals surface area contributed by atoms with Crippen LogP contribution in [-0.2, 0) is 0 Å². The van der Waals surface area contributed by atoms with Crippen molar-refractivity contribution in [2.24, 2.45) is 0 Å². The molecule has 2 N–H and O–H groups in total. The van der Waals surface area contributed by atoms with E-state index in [9.17, 15) is 0 Å². The number of hydrogen-bond donors (Lipinski definition) is 2. The van der Waals surface area contributed by atoms with Crippen LogP contribution in [0.2, 0.25) is 0 Å². The number of aliphatic hydroxyl groups excluding tert-OH is 1. The van der Waals surface area contributed by atoms with E-state index in [0.29, 0.717) is 12.6 Å². The first kappa shape index (κ1) is 12.8. The molecule has 1 aromatic rings. The van der Waals surface area contributed by atoms with Gasteiger partial charge in [-0.15, -0.1) is 0 Å². The molecule has 0 aliphatic carbocycles. The quantitative estimate of drug-likeness (QED) is 0.737. The van der Waals surface area contributed by atoms with Crippen LogP contribution < -0.4 is 5.32 Å². The maximum absolute atomic E-state index is 8.68. The molecule has 0 fully saturated rings. The molecule has 1 atom stereocenters. The summed E-state index contributed by atoms with van der Waals surface area (Å²) in [5.41, 5.74) is 1.05. The second-order valence-electron chi connectivity index (χ2n) is 3.82. The van der Waals surface area contributed by atoms with Gasteiger partial charge in [0.25, 0.3) is 0 Å². The van der Waals surface area contributed by atoms with Crippen molar-refractivity contribution in [3.8, 4) is 11.8 Å². The summed E-state index contributed by atoms with van der Waals surface area (Å²) in [6.07, 6.45) is 1.84. The van der Waals surface area contributed by atoms with Crippen molar-refractivity contribution in [1.82, 2.24) is 5.32 Å². The molecule has 0 heterocycles. The zero-order valence-corrected chi connectivity index (χ0v) is 9.74. The molecular formula is C14H19NO. The van der Waals surface area contributed by atoms with Gasteiger partial charge < -0.3 is 10.4 Å². The second-order valence-corrected chi connectivity index (χ2v) is 3.82. The summed E-state index contributed by atoms with van der Waals surface area (Å²) in [5.74, 6) is 6.18. The Kier molecular flexibility index (Phi) is 6.32. The third kappa shape index (κ3) is 5.55. The molecule has 0 aromatic heterocycles. The second kappa shape index (κ2) is 7.92. The van der Waals surface area contributed by atoms with Gasteiger partial charge in [0.05, 0.1) is 6.54 Å². The van der Waals surface area contributed by atoms with Gasteiger partial charge in [-0.05, 0) is 31.9 Å². The lowest BCUT2D eigenvalue weighted by molar-refractivity contribution is 0.277. The zero-order chi connectivity index (χ0) is 11.6. The summed E-state index contributed by atoms with van der Waals surface area (Å²) < 4.78 is 0. The van der Waals surface area contributed by atoms with Gasteiger partial charge in [-0.1, -0.05) is 30.0 Å². The number of rotatable bonds is 5. The summed E-state index contributed by atoms with van der Waals surface area (Å²) in [6.45, 7) is 3.07. The minimum atomic E-state index is 0.266. The molecule has 0 spiro atoms. The Labute approximate surface area is 97.7 Å². The van der Waals surface area contributed by atoms with Crippen molar-refractivity contribution in [2.75, 3.05) is 13.2 Å². The Hall–Kier alpha value is -1.30. The first-order valence-electron chi connectivity index (χ1n) is 5.71. The van der Waals surface area contributed by atoms with Gasteiger partial charge in [-0.2, -0.15) is 0 Å². The monoisotopic (exact) mass is 217 g/mol. The predicted octanol–water partition coefficient (Wildman–Crippen LogP) is 1.79. The zero-order valence-electron chi connectivity index (χ0n) is 9.74. The SMILES string of the molecule is CC(CCCO)NCC#Cc1ccccc1. The molecule has 0 saturated heterocycles. The largest absolute Gasteiger partial charge is 0.396 e. The highest BCUT2D eigenvalue weighted by molar-refractivity contribution is 5.33. The maximum atomic E-state index is 8.68. The van der Waals surface area contributed by atoms with Crippen molar-refractivity contribution in [3.05, 3.63) is 35.9 Å². The standard InChI is InChI=1S/C14H19NO/c1-13(7-6-12-16)15-11-5-10-14-8-3-2-4-9-14/h2-4,8-9,13,15-16H,6-7,11-12H2,1H3. The molecule has 2 nitrogen and oxygen atoms in total. The van der Waals surface area contributed by atoms with Gasteiger partial charge in [0.2, 0.25) is 0 Å². The Bertz CT molecular complexity index is 337. The Morgan fingerprint density at radius 1 is 1.31 bits per heavy atom. The number of aliphatic hydroxyl groups is 1. The fourth-order valence-electron chi connectivity index (χ4n) is 1.39. The lowest BCUT2D eigenvalue weighted by Gasteiger charge is -2.09. The summed E-state index contributed by atoms with van der Waals surface area (Å²) in [6, 6.07) is 10.4. The van der Waals surface area contributed by atoms with Crippen LogP contribution >= 0.6 is 0 Å². The van der Waals surface area contributed by atoms with Gasteiger partial charge in [0.1, 0.15) is 0 Å². The molecule has 1 rings (SSSR count). The lowest BCUT2D eigenvalue weighted by Crippen LogP contribution is -2.26. The minimum Gasteiger partial charge on any atom is -0.396 e. The van der Waals surface area contributed by atoms with Crippen LogP contribution in [0.1, 0.15) is 25.3 Å². The van der Waals surface area contributed by atoms with E-state index in [1.807, 2.05) is 30.3 Å². The smallest absolute Gasteiger partial charge is 0.0582 e. The molecule has 0 radical (unpaired) electrons. The van der Waals surface area contributed by atoms with E-state index < -0.39 is 0 Å². The molecule has 0 aliphatic rings. The van der Waals surface area contributed by atoms with E-state index in [-0.39, 0.29) is 6.61 Å². The van der Waals surface area contributed by atoms with Gasteiger partial charge in [-0.3, -0.25) is 0 Å². The van der Waals surface area contributed by atoms with Crippen molar-refractivity contribution in [3.63, 3.8) is 0 Å². The van der Waals surface area contributed by atoms with Crippen LogP contribution in [0.4, 0.5) is 0 Å². The molecule has 86 valence electrons. The fourth-order valence-corrected chi connectivity index (χ4v) is 1.39. The molecule has 0 bridgehead atoms. The maximum Gasteiger partial charge on any atom is 0.0582 e. The van der Waals surface area contributed by atoms with E-state index >= 15 is 0 Å². The Balaban J connectivity index is 2.23. The highest BCUT2D eigenvalue weighted by atomic mass is 16.2. The summed E-state index contributed by atoms with van der Waals surface area (Å²) in [5, 5.41) is 12.0. The fraction of sp³-hybridized carbons (Fsp3) is 0.429. The van der Waals surface area contributed by atoms with E-state index in [2.05, 4.69) is 24.1 Å². The molecular weight excluding hydrogens is 198 g/mol. The van der Waals surface area contributed by atoms with Crippen LogP contribution in [-0.4, -0.2) is 24.3 Å². The van der Waals surface area contributed by atoms with Gasteiger partial charge in [0.15, 0.2) is 0 Å². The van der Waals surface area contributed by atoms with Crippen molar-refractivity contribution < 1.29 is 5.11 Å². The summed E-state index contributed by atoms with van der Waals surface area (Å²) in [4.78, 5) is 0. The summed E-state index contributed by atoms with van der Waals surface area (Å²) >= 11 is 0. The number of hydrogen-bond acceptors (Lipinski definition) is 2. The average Bonchev–Trinajstić information content (AvgIpc) is 2.33. The first-order valence-corrected chi connectivity index (χ1v) is 5.71. The van der Waals surface area contributed by atoms with Crippen LogP contribution in [0, 0.1) is 11.8 Å². The van der Waals surface area contributed by atoms with Crippen LogP contribution in [0.5, 0.6) is 0 Å². The molecule has 2 heteroatoms. The summed E-state index contributed by atoms with van der Waals surface area (Å²) in [7, 11) is 0. The van der Waals surface area contributed by atoms with E-state index in [1.165, 1.54) is 0 Å². The van der Waals surface area contributed by atoms with Gasteiger partial charge >= 0.3 is 0 Å². The molecule has 0 saturated carbocycles. The lowest BCUT2D eigenvalue weighted by atomic mass is 10.2. The normalized spacial score (nSPS) is 11.6. The average molecular weight is 217 g/mol. The Morgan fingerprint density at radius 2 is 2.06 bits per heavy atom. The van der Waals surface area contributed by atoms with Crippen molar-refractivity contribution in [1.29, 1.82) is 0 Å². The van der Waals surface area contributed by atoms with Gasteiger partial charge in [0, 0.05) is 18.2 Å². The van der Waals surface area contributed by atoms with Crippen LogP contribution in [0.3, 0.4) is 0 Å². The highest BCUT2D eigenvalue weighted by Crippen LogP contribution is 1.95. The Morgan fingerprint density at radius 3 is 2.75 bits per heavy atom. The topological polar surface area (TPSA) is 32.3 Å². The van der Waals surface area contributed by atoms with E-state index in [0.717, 1.165) is 18.4 Å². The number of benzene rings is 1. The predicted molar refractivity (Wildman–Crippen MR) is 67.1 cm³/mol. The minimum absolute atomic E-state index is 0.266. The van der Waals surface area contributed by atoms with Crippen LogP contribution in [0.25, 0.3) is 0 Å². The van der Waals surface area contributed by atoms with E-state index in [1.54, 1.807) is 0 Å². The molecule has 16 heavy (non-hydrogen) atoms. The molecule has 1 unspecified atom stereocenters. The van der Waals surface area contributed by atoms with Crippen LogP contribution in [0.15, 0.2) is 30.3 Å². The molecule has 0 amide bonds. The van der Waals surface area contributed by atoms with Crippen molar-refractivity contribution in [2.45, 2.75) is 25.8 Å². The first-order chi connectivity index (χ1) is 7.83. The van der Waals surface area contributed by atoms with Gasteiger partial charge in [-0.25, -0.2) is 0 Å². The molecule has 0 aliphatic heterocycles.